The number of alkyl halides is 1. The molecule has 0 spiro atoms. The minimum Gasteiger partial charge on any atom is -0.481 e. The molecule has 0 saturated carbocycles. The first-order chi connectivity index (χ1) is 6.93. The Morgan fingerprint density at radius 2 is 2.07 bits per heavy atom. The molecule has 0 aliphatic heterocycles. The van der Waals surface area contributed by atoms with E-state index in [-0.39, 0.29) is 12.2 Å². The molecule has 15 heavy (non-hydrogen) atoms. The maximum Gasteiger partial charge on any atom is 0.304 e. The first-order valence-electron chi connectivity index (χ1n) is 3.76. The van der Waals surface area contributed by atoms with E-state index in [0.29, 0.717) is 9.35 Å². The smallest absolute Gasteiger partial charge is 0.304 e. The topological polar surface area (TPSA) is 54.4 Å². The van der Waals surface area contributed by atoms with Crippen LogP contribution in [0.15, 0.2) is 14.3 Å². The normalized spacial score (nSPS) is 12.5. The van der Waals surface area contributed by atoms with Gasteiger partial charge in [0.1, 0.15) is 0 Å². The molecule has 0 aliphatic rings. The van der Waals surface area contributed by atoms with Gasteiger partial charge in [0.25, 0.3) is 0 Å². The lowest BCUT2D eigenvalue weighted by atomic mass is 10.2. The molecule has 0 aliphatic carbocycles. The third-order valence-corrected chi connectivity index (χ3v) is 5.83. The highest BCUT2D eigenvalue weighted by molar-refractivity contribution is 9.13. The van der Waals surface area contributed by atoms with Crippen molar-refractivity contribution in [3.63, 3.8) is 0 Å². The Balaban J connectivity index is 2.85. The molecular formula is C8H5Br3O3S. The molecule has 1 heterocycles. The average molecular weight is 421 g/mol. The second kappa shape index (κ2) is 5.56. The summed E-state index contributed by atoms with van der Waals surface area (Å²) >= 11 is 10.9. The number of carbonyl (C=O) groups excluding carboxylic acids is 1. The van der Waals surface area contributed by atoms with Crippen molar-refractivity contribution in [2.45, 2.75) is 11.2 Å². The summed E-state index contributed by atoms with van der Waals surface area (Å²) in [5, 5.41) is 10.3. The lowest BCUT2D eigenvalue weighted by Crippen LogP contribution is -2.17. The molecule has 0 bridgehead atoms. The Hall–Kier alpha value is 0.280. The van der Waals surface area contributed by atoms with Crippen LogP contribution < -0.4 is 0 Å². The molecule has 1 atom stereocenters. The number of carbonyl (C=O) groups is 2. The summed E-state index contributed by atoms with van der Waals surface area (Å²) < 4.78 is 1.47. The maximum atomic E-state index is 11.8. The Bertz CT molecular complexity index is 402. The van der Waals surface area contributed by atoms with Crippen LogP contribution in [0.2, 0.25) is 0 Å². The van der Waals surface area contributed by atoms with Gasteiger partial charge in [-0.3, -0.25) is 9.59 Å². The number of carboxylic acid groups (broad SMARTS) is 1. The quantitative estimate of drug-likeness (QED) is 0.597. The van der Waals surface area contributed by atoms with Crippen molar-refractivity contribution in [1.29, 1.82) is 0 Å². The van der Waals surface area contributed by atoms with Crippen LogP contribution in [0.1, 0.15) is 16.1 Å². The molecule has 0 amide bonds. The van der Waals surface area contributed by atoms with Gasteiger partial charge >= 0.3 is 5.97 Å². The van der Waals surface area contributed by atoms with Gasteiger partial charge in [-0.15, -0.1) is 11.3 Å². The average Bonchev–Trinajstić information content (AvgIpc) is 2.45. The van der Waals surface area contributed by atoms with Gasteiger partial charge in [-0.05, 0) is 31.9 Å². The number of halogens is 3. The highest BCUT2D eigenvalue weighted by Gasteiger charge is 2.24. The predicted molar refractivity (Wildman–Crippen MR) is 69.0 cm³/mol. The van der Waals surface area contributed by atoms with Crippen LogP contribution in [0, 0.1) is 0 Å². The summed E-state index contributed by atoms with van der Waals surface area (Å²) in [6.45, 7) is 0. The number of hydrogen-bond donors (Lipinski definition) is 1. The molecule has 0 aromatic carbocycles. The second-order valence-corrected chi connectivity index (χ2v) is 6.29. The van der Waals surface area contributed by atoms with E-state index in [4.69, 9.17) is 5.11 Å². The van der Waals surface area contributed by atoms with Gasteiger partial charge in [0.15, 0.2) is 5.78 Å². The highest BCUT2D eigenvalue weighted by Crippen LogP contribution is 2.34. The SMILES string of the molecule is O=C(O)CC(Br)C(=O)c1scc(Br)c1Br. The summed E-state index contributed by atoms with van der Waals surface area (Å²) in [7, 11) is 0. The van der Waals surface area contributed by atoms with Crippen LogP contribution >= 0.6 is 59.1 Å². The van der Waals surface area contributed by atoms with Gasteiger partial charge in [-0.25, -0.2) is 0 Å². The van der Waals surface area contributed by atoms with Gasteiger partial charge < -0.3 is 5.11 Å². The van der Waals surface area contributed by atoms with Crippen molar-refractivity contribution in [2.75, 3.05) is 0 Å². The zero-order valence-electron chi connectivity index (χ0n) is 7.17. The molecule has 1 rings (SSSR count). The van der Waals surface area contributed by atoms with Crippen LogP contribution in [0.4, 0.5) is 0 Å². The van der Waals surface area contributed by atoms with Gasteiger partial charge in [-0.1, -0.05) is 15.9 Å². The number of Topliss-reactive ketones (excluding diaryl/α,β-unsaturated/α-hetero) is 1. The molecule has 3 nitrogen and oxygen atoms in total. The number of rotatable bonds is 4. The van der Waals surface area contributed by atoms with E-state index >= 15 is 0 Å². The first kappa shape index (κ1) is 13.3. The Morgan fingerprint density at radius 1 is 1.47 bits per heavy atom. The van der Waals surface area contributed by atoms with Crippen molar-refractivity contribution >= 4 is 70.9 Å². The van der Waals surface area contributed by atoms with Gasteiger partial charge in [0, 0.05) is 9.85 Å². The van der Waals surface area contributed by atoms with Gasteiger partial charge in [0.2, 0.25) is 0 Å². The van der Waals surface area contributed by atoms with Crippen LogP contribution in [-0.4, -0.2) is 21.7 Å². The van der Waals surface area contributed by atoms with Crippen molar-refractivity contribution in [3.8, 4) is 0 Å². The molecule has 0 radical (unpaired) electrons. The third-order valence-electron chi connectivity index (χ3n) is 1.55. The minimum absolute atomic E-state index is 0.221. The third kappa shape index (κ3) is 3.37. The molecular weight excluding hydrogens is 416 g/mol. The number of aliphatic carboxylic acids is 1. The van der Waals surface area contributed by atoms with Crippen LogP contribution in [0.25, 0.3) is 0 Å². The molecule has 82 valence electrons. The summed E-state index contributed by atoms with van der Waals surface area (Å²) in [5.74, 6) is -1.23. The zero-order valence-corrected chi connectivity index (χ0v) is 12.7. The molecule has 1 aromatic heterocycles. The lowest BCUT2D eigenvalue weighted by Gasteiger charge is -2.04. The molecule has 0 fully saturated rings. The zero-order chi connectivity index (χ0) is 11.6. The van der Waals surface area contributed by atoms with E-state index < -0.39 is 10.8 Å². The molecule has 0 saturated heterocycles. The Labute approximate surface area is 115 Å². The van der Waals surface area contributed by atoms with Crippen molar-refractivity contribution < 1.29 is 14.7 Å². The second-order valence-electron chi connectivity index (χ2n) is 2.66. The largest absolute Gasteiger partial charge is 0.481 e. The summed E-state index contributed by atoms with van der Waals surface area (Å²) in [5.41, 5.74) is 0. The highest BCUT2D eigenvalue weighted by atomic mass is 79.9. The monoisotopic (exact) mass is 418 g/mol. The number of thiophene rings is 1. The minimum atomic E-state index is -1.00. The molecule has 1 N–H and O–H groups in total. The van der Waals surface area contributed by atoms with Gasteiger partial charge in [0.05, 0.1) is 20.6 Å². The summed E-state index contributed by atoms with van der Waals surface area (Å²) in [6, 6.07) is 0. The fraction of sp³-hybridized carbons (Fsp3) is 0.250. The first-order valence-corrected chi connectivity index (χ1v) is 7.14. The van der Waals surface area contributed by atoms with Crippen LogP contribution in [0.3, 0.4) is 0 Å². The number of carboxylic acids is 1. The number of ketones is 1. The standard InChI is InChI=1S/C8H5Br3O3S/c9-3(1-5(12)13)7(14)8-6(11)4(10)2-15-8/h2-3H,1H2,(H,12,13). The van der Waals surface area contributed by atoms with Crippen LogP contribution in [-0.2, 0) is 4.79 Å². The van der Waals surface area contributed by atoms with Crippen LogP contribution in [0.5, 0.6) is 0 Å². The fourth-order valence-electron chi connectivity index (χ4n) is 0.877. The van der Waals surface area contributed by atoms with E-state index in [0.717, 1.165) is 4.47 Å². The van der Waals surface area contributed by atoms with E-state index in [1.165, 1.54) is 11.3 Å². The van der Waals surface area contributed by atoms with Crippen molar-refractivity contribution in [1.82, 2.24) is 0 Å². The van der Waals surface area contributed by atoms with Crippen molar-refractivity contribution in [3.05, 3.63) is 19.2 Å². The van der Waals surface area contributed by atoms with E-state index in [1.807, 2.05) is 0 Å². The molecule has 1 aromatic rings. The van der Waals surface area contributed by atoms with E-state index in [9.17, 15) is 9.59 Å². The van der Waals surface area contributed by atoms with Crippen molar-refractivity contribution in [2.24, 2.45) is 0 Å². The van der Waals surface area contributed by atoms with E-state index in [1.54, 1.807) is 5.38 Å². The summed E-state index contributed by atoms with van der Waals surface area (Å²) in [4.78, 5) is 22.0. The molecule has 1 unspecified atom stereocenters. The predicted octanol–water partition coefficient (Wildman–Crippen LogP) is 3.69. The Kier molecular flexibility index (Phi) is 4.95. The maximum absolute atomic E-state index is 11.8. The van der Waals surface area contributed by atoms with E-state index in [2.05, 4.69) is 47.8 Å². The summed E-state index contributed by atoms with van der Waals surface area (Å²) in [6.07, 6.45) is -0.221. The van der Waals surface area contributed by atoms with Gasteiger partial charge in [-0.2, -0.15) is 0 Å². The number of hydrogen-bond acceptors (Lipinski definition) is 3. The Morgan fingerprint density at radius 3 is 2.47 bits per heavy atom. The molecule has 7 heteroatoms. The fourth-order valence-corrected chi connectivity index (χ4v) is 3.70. The lowest BCUT2D eigenvalue weighted by molar-refractivity contribution is -0.136.